The van der Waals surface area contributed by atoms with Crippen LogP contribution in [-0.2, 0) is 20.5 Å². The number of hydrogen-bond donors (Lipinski definition) is 2. The maximum absolute atomic E-state index is 12.6. The highest BCUT2D eigenvalue weighted by molar-refractivity contribution is 5.87. The summed E-state index contributed by atoms with van der Waals surface area (Å²) in [5.41, 5.74) is 1.05. The second-order valence-corrected chi connectivity index (χ2v) is 6.84. The molecule has 1 unspecified atom stereocenters. The Morgan fingerprint density at radius 3 is 2.17 bits per heavy atom. The number of benzene rings is 2. The summed E-state index contributed by atoms with van der Waals surface area (Å²) in [6.45, 7) is 5.90. The van der Waals surface area contributed by atoms with Crippen LogP contribution in [0.3, 0.4) is 0 Å². The third-order valence-corrected chi connectivity index (χ3v) is 4.12. The van der Waals surface area contributed by atoms with Crippen molar-refractivity contribution < 1.29 is 14.6 Å². The maximum atomic E-state index is 12.6. The molecule has 0 aliphatic rings. The molecule has 0 fully saturated rings. The molecule has 2 aromatic rings. The van der Waals surface area contributed by atoms with Crippen LogP contribution in [0, 0.1) is 0 Å². The average molecular weight is 327 g/mol. The molecular weight excluding hydrogens is 302 g/mol. The Bertz CT molecular complexity index is 692. The molecule has 0 aliphatic heterocycles. The minimum Gasteiger partial charge on any atom is -0.467 e. The molecule has 2 rings (SSSR count). The summed E-state index contributed by atoms with van der Waals surface area (Å²) in [5.74, 6) is -0.528. The number of rotatable bonds is 5. The molecule has 1 atom stereocenters. The van der Waals surface area contributed by atoms with E-state index in [1.807, 2.05) is 42.5 Å². The molecule has 0 radical (unpaired) electrons. The van der Waals surface area contributed by atoms with Crippen LogP contribution >= 0.6 is 0 Å². The summed E-state index contributed by atoms with van der Waals surface area (Å²) >= 11 is 0. The van der Waals surface area contributed by atoms with Crippen LogP contribution in [-0.4, -0.2) is 24.8 Å². The van der Waals surface area contributed by atoms with Gasteiger partial charge in [0.2, 0.25) is 0 Å². The number of carbonyl (C=O) groups excluding carboxylic acids is 1. The van der Waals surface area contributed by atoms with Crippen LogP contribution in [0.4, 0.5) is 5.69 Å². The Morgan fingerprint density at radius 1 is 1.04 bits per heavy atom. The summed E-state index contributed by atoms with van der Waals surface area (Å²) < 4.78 is 5.00. The van der Waals surface area contributed by atoms with Crippen LogP contribution in [0.5, 0.6) is 0 Å². The summed E-state index contributed by atoms with van der Waals surface area (Å²) in [4.78, 5) is 12.6. The predicted octanol–water partition coefficient (Wildman–Crippen LogP) is 3.46. The summed E-state index contributed by atoms with van der Waals surface area (Å²) in [6, 6.07) is 16.9. The van der Waals surface area contributed by atoms with Gasteiger partial charge in [-0.1, -0.05) is 69.3 Å². The van der Waals surface area contributed by atoms with Gasteiger partial charge in [-0.25, -0.2) is 4.79 Å². The smallest absolute Gasteiger partial charge is 0.338 e. The van der Waals surface area contributed by atoms with Crippen molar-refractivity contribution in [2.75, 3.05) is 19.0 Å². The van der Waals surface area contributed by atoms with E-state index in [0.717, 1.165) is 11.3 Å². The zero-order chi connectivity index (χ0) is 17.8. The first-order chi connectivity index (χ1) is 11.3. The summed E-state index contributed by atoms with van der Waals surface area (Å²) in [7, 11) is 1.33. The molecule has 24 heavy (non-hydrogen) atoms. The Labute approximate surface area is 143 Å². The second kappa shape index (κ2) is 7.05. The van der Waals surface area contributed by atoms with Crippen LogP contribution in [0.1, 0.15) is 31.9 Å². The number of nitrogens with one attached hydrogen (secondary N) is 1. The van der Waals surface area contributed by atoms with Gasteiger partial charge in [0.15, 0.2) is 5.54 Å². The SMILES string of the molecule is COC(=O)C(CO)(Nc1ccccc1C(C)(C)C)c1ccccc1. The molecular formula is C20H25NO3. The topological polar surface area (TPSA) is 58.6 Å². The van der Waals surface area contributed by atoms with E-state index in [1.54, 1.807) is 12.1 Å². The quantitative estimate of drug-likeness (QED) is 0.826. The van der Waals surface area contributed by atoms with E-state index in [-0.39, 0.29) is 5.41 Å². The minimum absolute atomic E-state index is 0.113. The van der Waals surface area contributed by atoms with Crippen LogP contribution in [0.2, 0.25) is 0 Å². The number of aliphatic hydroxyl groups is 1. The molecule has 0 saturated heterocycles. The molecule has 0 aliphatic carbocycles. The first-order valence-corrected chi connectivity index (χ1v) is 7.97. The normalized spacial score (nSPS) is 13.9. The van der Waals surface area contributed by atoms with Crippen LogP contribution in [0.15, 0.2) is 54.6 Å². The van der Waals surface area contributed by atoms with Gasteiger partial charge in [-0.3, -0.25) is 0 Å². The number of anilines is 1. The van der Waals surface area contributed by atoms with E-state index < -0.39 is 18.1 Å². The van der Waals surface area contributed by atoms with Gasteiger partial charge in [0.05, 0.1) is 13.7 Å². The fourth-order valence-electron chi connectivity index (χ4n) is 2.81. The average Bonchev–Trinajstić information content (AvgIpc) is 2.59. The van der Waals surface area contributed by atoms with Crippen molar-refractivity contribution in [1.29, 1.82) is 0 Å². The van der Waals surface area contributed by atoms with Gasteiger partial charge in [0.1, 0.15) is 0 Å². The molecule has 128 valence electrons. The van der Waals surface area contributed by atoms with Crippen molar-refractivity contribution in [2.24, 2.45) is 0 Å². The van der Waals surface area contributed by atoms with Gasteiger partial charge >= 0.3 is 5.97 Å². The second-order valence-electron chi connectivity index (χ2n) is 6.84. The molecule has 2 aromatic carbocycles. The Morgan fingerprint density at radius 2 is 1.62 bits per heavy atom. The molecule has 4 heteroatoms. The lowest BCUT2D eigenvalue weighted by Gasteiger charge is -2.34. The van der Waals surface area contributed by atoms with Gasteiger partial charge < -0.3 is 15.2 Å². The molecule has 4 nitrogen and oxygen atoms in total. The fourth-order valence-corrected chi connectivity index (χ4v) is 2.81. The van der Waals surface area contributed by atoms with Gasteiger partial charge in [-0.15, -0.1) is 0 Å². The first kappa shape index (κ1) is 18.0. The summed E-state index contributed by atoms with van der Waals surface area (Å²) in [6.07, 6.45) is 0. The van der Waals surface area contributed by atoms with E-state index in [1.165, 1.54) is 7.11 Å². The first-order valence-electron chi connectivity index (χ1n) is 7.97. The van der Waals surface area contributed by atoms with Gasteiger partial charge in [0.25, 0.3) is 0 Å². The number of hydrogen-bond acceptors (Lipinski definition) is 4. The monoisotopic (exact) mass is 327 g/mol. The largest absolute Gasteiger partial charge is 0.467 e. The minimum atomic E-state index is -1.35. The maximum Gasteiger partial charge on any atom is 0.338 e. The van der Waals surface area contributed by atoms with Crippen molar-refractivity contribution in [3.63, 3.8) is 0 Å². The third kappa shape index (κ3) is 3.44. The highest BCUT2D eigenvalue weighted by Crippen LogP contribution is 2.34. The van der Waals surface area contributed by atoms with Gasteiger partial charge in [0, 0.05) is 5.69 Å². The Balaban J connectivity index is 2.58. The Hall–Kier alpha value is -2.33. The van der Waals surface area contributed by atoms with Gasteiger partial charge in [-0.2, -0.15) is 0 Å². The van der Waals surface area contributed by atoms with Crippen molar-refractivity contribution >= 4 is 11.7 Å². The number of carbonyl (C=O) groups is 1. The zero-order valence-electron chi connectivity index (χ0n) is 14.7. The van der Waals surface area contributed by atoms with Crippen molar-refractivity contribution in [3.05, 3.63) is 65.7 Å². The molecule has 0 saturated carbocycles. The number of ether oxygens (including phenoxy) is 1. The number of esters is 1. The van der Waals surface area contributed by atoms with E-state index in [9.17, 15) is 9.90 Å². The van der Waals surface area contributed by atoms with Crippen molar-refractivity contribution in [3.8, 4) is 0 Å². The Kier molecular flexibility index (Phi) is 5.30. The number of methoxy groups -OCH3 is 1. The molecule has 2 N–H and O–H groups in total. The van der Waals surface area contributed by atoms with E-state index in [4.69, 9.17) is 4.74 Å². The van der Waals surface area contributed by atoms with E-state index >= 15 is 0 Å². The molecule has 0 bridgehead atoms. The lowest BCUT2D eigenvalue weighted by atomic mass is 9.84. The highest BCUT2D eigenvalue weighted by atomic mass is 16.5. The number of aliphatic hydroxyl groups excluding tert-OH is 1. The van der Waals surface area contributed by atoms with Crippen LogP contribution < -0.4 is 5.32 Å². The van der Waals surface area contributed by atoms with Gasteiger partial charge in [-0.05, 0) is 22.6 Å². The third-order valence-electron chi connectivity index (χ3n) is 4.12. The van der Waals surface area contributed by atoms with Crippen molar-refractivity contribution in [2.45, 2.75) is 31.7 Å². The molecule has 0 spiro atoms. The zero-order valence-corrected chi connectivity index (χ0v) is 14.7. The lowest BCUT2D eigenvalue weighted by Crippen LogP contribution is -2.48. The van der Waals surface area contributed by atoms with Crippen molar-refractivity contribution in [1.82, 2.24) is 0 Å². The van der Waals surface area contributed by atoms with E-state index in [0.29, 0.717) is 5.56 Å². The predicted molar refractivity (Wildman–Crippen MR) is 96.0 cm³/mol. The van der Waals surface area contributed by atoms with Crippen LogP contribution in [0.25, 0.3) is 0 Å². The molecule has 0 aromatic heterocycles. The highest BCUT2D eigenvalue weighted by Gasteiger charge is 2.42. The standard InChI is InChI=1S/C20H25NO3/c1-19(2,3)16-12-8-9-13-17(16)21-20(14-22,18(23)24-4)15-10-6-5-7-11-15/h5-13,21-22H,14H2,1-4H3. The number of para-hydroxylation sites is 1. The summed E-state index contributed by atoms with van der Waals surface area (Å²) in [5, 5.41) is 13.4. The molecule has 0 heterocycles. The lowest BCUT2D eigenvalue weighted by molar-refractivity contribution is -0.148. The fraction of sp³-hybridized carbons (Fsp3) is 0.350. The molecule has 0 amide bonds. The van der Waals surface area contributed by atoms with E-state index in [2.05, 4.69) is 26.1 Å².